The van der Waals surface area contributed by atoms with Crippen molar-refractivity contribution in [2.75, 3.05) is 12.4 Å². The lowest BCUT2D eigenvalue weighted by Crippen LogP contribution is -2.31. The van der Waals surface area contributed by atoms with E-state index in [0.29, 0.717) is 31.7 Å². The minimum atomic E-state index is -0.789. The lowest BCUT2D eigenvalue weighted by molar-refractivity contribution is -0.118. The molecule has 1 atom stereocenters. The van der Waals surface area contributed by atoms with Crippen LogP contribution in [-0.4, -0.2) is 22.6 Å². The van der Waals surface area contributed by atoms with E-state index in [4.69, 9.17) is 27.9 Å². The number of aromatic nitrogens is 2. The Bertz CT molecular complexity index is 1330. The molecule has 0 bridgehead atoms. The first-order chi connectivity index (χ1) is 14.9. The number of carbonyl (C=O) groups excluding carboxylic acids is 1. The Balaban J connectivity index is 1.67. The molecule has 6 nitrogen and oxygen atoms in total. The molecule has 0 aliphatic rings. The molecule has 9 heteroatoms. The van der Waals surface area contributed by atoms with Crippen LogP contribution in [0.5, 0.6) is 5.75 Å². The van der Waals surface area contributed by atoms with Gasteiger partial charge in [-0.05, 0) is 42.8 Å². The van der Waals surface area contributed by atoms with Gasteiger partial charge in [0.1, 0.15) is 16.6 Å². The van der Waals surface area contributed by atoms with Gasteiger partial charge in [0, 0.05) is 21.7 Å². The zero-order chi connectivity index (χ0) is 22.1. The second-order valence-electron chi connectivity index (χ2n) is 6.81. The van der Waals surface area contributed by atoms with Crippen LogP contribution < -0.4 is 15.6 Å². The number of nitrogens with zero attached hydrogens (tertiary/aromatic N) is 2. The number of nitrogens with one attached hydrogen (secondary N) is 1. The van der Waals surface area contributed by atoms with Crippen molar-refractivity contribution >= 4 is 56.3 Å². The van der Waals surface area contributed by atoms with Crippen molar-refractivity contribution in [1.82, 2.24) is 9.55 Å². The molecule has 0 aliphatic carbocycles. The third-order valence-corrected chi connectivity index (χ3v) is 6.32. The van der Waals surface area contributed by atoms with Gasteiger partial charge in [0.25, 0.3) is 5.56 Å². The molecule has 2 aromatic carbocycles. The van der Waals surface area contributed by atoms with Crippen molar-refractivity contribution in [2.24, 2.45) is 0 Å². The van der Waals surface area contributed by atoms with Gasteiger partial charge in [-0.3, -0.25) is 14.2 Å². The maximum Gasteiger partial charge on any atom is 0.263 e. The average Bonchev–Trinajstić information content (AvgIpc) is 3.19. The number of methoxy groups -OCH3 is 1. The zero-order valence-electron chi connectivity index (χ0n) is 16.6. The van der Waals surface area contributed by atoms with Crippen molar-refractivity contribution in [3.8, 4) is 16.9 Å². The lowest BCUT2D eigenvalue weighted by Gasteiger charge is -2.15. The van der Waals surface area contributed by atoms with E-state index < -0.39 is 6.04 Å². The second kappa shape index (κ2) is 8.70. The molecular weight excluding hydrogens is 457 g/mol. The summed E-state index contributed by atoms with van der Waals surface area (Å²) in [7, 11) is 1.51. The summed E-state index contributed by atoms with van der Waals surface area (Å²) in [6, 6.07) is 11.4. The molecule has 0 saturated carbocycles. The van der Waals surface area contributed by atoms with Gasteiger partial charge < -0.3 is 10.1 Å². The van der Waals surface area contributed by atoms with Crippen LogP contribution in [0.25, 0.3) is 21.3 Å². The molecule has 0 aliphatic heterocycles. The zero-order valence-corrected chi connectivity index (χ0v) is 18.9. The Morgan fingerprint density at radius 2 is 1.94 bits per heavy atom. The molecule has 1 N–H and O–H groups in total. The first-order valence-electron chi connectivity index (χ1n) is 9.27. The molecule has 1 amide bonds. The number of benzene rings is 2. The first kappa shape index (κ1) is 21.4. The molecule has 0 radical (unpaired) electrons. The SMILES string of the molecule is COc1ccc(NC(=O)C(C)n2cnc3scc(-c4ccc(Cl)cc4)c3c2=O)cc1Cl. The normalized spacial score (nSPS) is 12.0. The molecule has 31 heavy (non-hydrogen) atoms. The fraction of sp³-hybridized carbons (Fsp3) is 0.136. The quantitative estimate of drug-likeness (QED) is 0.406. The van der Waals surface area contributed by atoms with Crippen molar-refractivity contribution in [3.05, 3.63) is 74.6 Å². The molecule has 2 aromatic heterocycles. The summed E-state index contributed by atoms with van der Waals surface area (Å²) >= 11 is 13.5. The minimum Gasteiger partial charge on any atom is -0.495 e. The fourth-order valence-electron chi connectivity index (χ4n) is 3.18. The predicted molar refractivity (Wildman–Crippen MR) is 126 cm³/mol. The number of hydrogen-bond donors (Lipinski definition) is 1. The molecule has 158 valence electrons. The predicted octanol–water partition coefficient (Wildman–Crippen LogP) is 5.64. The second-order valence-corrected chi connectivity index (χ2v) is 8.51. The van der Waals surface area contributed by atoms with Crippen molar-refractivity contribution < 1.29 is 9.53 Å². The van der Waals surface area contributed by atoms with Crippen LogP contribution in [0.1, 0.15) is 13.0 Å². The summed E-state index contributed by atoms with van der Waals surface area (Å²) < 4.78 is 6.45. The number of carbonyl (C=O) groups is 1. The van der Waals surface area contributed by atoms with Crippen LogP contribution in [0, 0.1) is 0 Å². The smallest absolute Gasteiger partial charge is 0.263 e. The summed E-state index contributed by atoms with van der Waals surface area (Å²) in [5.74, 6) is 0.138. The molecule has 4 rings (SSSR count). The highest BCUT2D eigenvalue weighted by molar-refractivity contribution is 7.17. The number of thiophene rings is 1. The number of rotatable bonds is 5. The standard InChI is InChI=1S/C22H17Cl2N3O3S/c1-12(20(28)26-15-7-8-18(30-2)17(24)9-15)27-11-25-21-19(22(27)29)16(10-31-21)13-3-5-14(23)6-4-13/h3-12H,1-2H3,(H,26,28). The minimum absolute atomic E-state index is 0.286. The summed E-state index contributed by atoms with van der Waals surface area (Å²) in [5, 5.41) is 6.12. The van der Waals surface area contributed by atoms with Crippen LogP contribution in [0.3, 0.4) is 0 Å². The van der Waals surface area contributed by atoms with Gasteiger partial charge >= 0.3 is 0 Å². The van der Waals surface area contributed by atoms with Gasteiger partial charge in [0.05, 0.1) is 23.8 Å². The third kappa shape index (κ3) is 4.17. The van der Waals surface area contributed by atoms with E-state index in [-0.39, 0.29) is 11.5 Å². The van der Waals surface area contributed by atoms with E-state index >= 15 is 0 Å². The Morgan fingerprint density at radius 1 is 1.19 bits per heavy atom. The van der Waals surface area contributed by atoms with E-state index in [9.17, 15) is 9.59 Å². The van der Waals surface area contributed by atoms with Gasteiger partial charge in [-0.2, -0.15) is 0 Å². The summed E-state index contributed by atoms with van der Waals surface area (Å²) in [5.41, 5.74) is 1.84. The van der Waals surface area contributed by atoms with E-state index in [1.165, 1.54) is 29.3 Å². The highest BCUT2D eigenvalue weighted by atomic mass is 35.5. The van der Waals surface area contributed by atoms with Crippen molar-refractivity contribution in [2.45, 2.75) is 13.0 Å². The van der Waals surface area contributed by atoms with E-state index in [0.717, 1.165) is 11.1 Å². The van der Waals surface area contributed by atoms with Crippen LogP contribution in [0.2, 0.25) is 10.0 Å². The van der Waals surface area contributed by atoms with Gasteiger partial charge in [-0.15, -0.1) is 11.3 Å². The van der Waals surface area contributed by atoms with Crippen molar-refractivity contribution in [1.29, 1.82) is 0 Å². The molecule has 0 fully saturated rings. The molecule has 0 spiro atoms. The Kier molecular flexibility index (Phi) is 6.00. The highest BCUT2D eigenvalue weighted by Crippen LogP contribution is 2.32. The number of amides is 1. The van der Waals surface area contributed by atoms with Crippen molar-refractivity contribution in [3.63, 3.8) is 0 Å². The van der Waals surface area contributed by atoms with Gasteiger partial charge in [-0.25, -0.2) is 4.98 Å². The first-order valence-corrected chi connectivity index (χ1v) is 10.9. The highest BCUT2D eigenvalue weighted by Gasteiger charge is 2.20. The number of fused-ring (bicyclic) bond motifs is 1. The van der Waals surface area contributed by atoms with Crippen LogP contribution >= 0.6 is 34.5 Å². The maximum atomic E-state index is 13.3. The topological polar surface area (TPSA) is 73.2 Å². The molecule has 2 heterocycles. The summed E-state index contributed by atoms with van der Waals surface area (Å²) in [6.07, 6.45) is 1.40. The summed E-state index contributed by atoms with van der Waals surface area (Å²) in [4.78, 5) is 31.1. The lowest BCUT2D eigenvalue weighted by atomic mass is 10.1. The van der Waals surface area contributed by atoms with Crippen LogP contribution in [0.4, 0.5) is 5.69 Å². The van der Waals surface area contributed by atoms with E-state index in [1.54, 1.807) is 37.3 Å². The largest absolute Gasteiger partial charge is 0.495 e. The monoisotopic (exact) mass is 473 g/mol. The maximum absolute atomic E-state index is 13.3. The van der Waals surface area contributed by atoms with Gasteiger partial charge in [0.2, 0.25) is 5.91 Å². The number of anilines is 1. The van der Waals surface area contributed by atoms with E-state index in [2.05, 4.69) is 10.3 Å². The Hall–Kier alpha value is -2.87. The molecular formula is C22H17Cl2N3O3S. The number of halogens is 2. The molecule has 0 saturated heterocycles. The Morgan fingerprint density at radius 3 is 2.61 bits per heavy atom. The fourth-order valence-corrected chi connectivity index (χ4v) is 4.47. The van der Waals surface area contributed by atoms with Crippen LogP contribution in [0.15, 0.2) is 59.0 Å². The number of hydrogen-bond acceptors (Lipinski definition) is 5. The average molecular weight is 474 g/mol. The Labute approximate surface area is 192 Å². The van der Waals surface area contributed by atoms with Gasteiger partial charge in [-0.1, -0.05) is 35.3 Å². The molecule has 1 unspecified atom stereocenters. The van der Waals surface area contributed by atoms with Crippen LogP contribution in [-0.2, 0) is 4.79 Å². The number of ether oxygens (including phenoxy) is 1. The molecule has 4 aromatic rings. The third-order valence-electron chi connectivity index (χ3n) is 4.89. The summed E-state index contributed by atoms with van der Waals surface area (Å²) in [6.45, 7) is 1.64. The van der Waals surface area contributed by atoms with E-state index in [1.807, 2.05) is 17.5 Å². The van der Waals surface area contributed by atoms with Gasteiger partial charge in [0.15, 0.2) is 0 Å².